The van der Waals surface area contributed by atoms with Gasteiger partial charge in [0, 0.05) is 17.3 Å². The summed E-state index contributed by atoms with van der Waals surface area (Å²) >= 11 is 0. The van der Waals surface area contributed by atoms with Gasteiger partial charge >= 0.3 is 0 Å². The Bertz CT molecular complexity index is 522. The van der Waals surface area contributed by atoms with E-state index in [9.17, 15) is 9.59 Å². The smallest absolute Gasteiger partial charge is 0.251 e. The SMILES string of the molecule is CNCC(=O)Nc1ccc(C(=O)NC2CCCC2)cc1C. The minimum absolute atomic E-state index is 0.0295. The maximum absolute atomic E-state index is 12.2. The molecule has 5 heteroatoms. The Labute approximate surface area is 125 Å². The molecule has 114 valence electrons. The Morgan fingerprint density at radius 3 is 2.57 bits per heavy atom. The molecule has 2 rings (SSSR count). The Morgan fingerprint density at radius 1 is 1.24 bits per heavy atom. The predicted octanol–water partition coefficient (Wildman–Crippen LogP) is 1.83. The fraction of sp³-hybridized carbons (Fsp3) is 0.500. The number of likely N-dealkylation sites (N-methyl/N-ethyl adjacent to an activating group) is 1. The summed E-state index contributed by atoms with van der Waals surface area (Å²) < 4.78 is 0. The number of amides is 2. The van der Waals surface area contributed by atoms with Gasteiger partial charge < -0.3 is 16.0 Å². The number of rotatable bonds is 5. The minimum Gasteiger partial charge on any atom is -0.349 e. The van der Waals surface area contributed by atoms with Crippen molar-refractivity contribution < 1.29 is 9.59 Å². The van der Waals surface area contributed by atoms with Gasteiger partial charge in [-0.05, 0) is 50.6 Å². The molecule has 0 aromatic heterocycles. The van der Waals surface area contributed by atoms with Crippen molar-refractivity contribution in [1.29, 1.82) is 0 Å². The highest BCUT2D eigenvalue weighted by molar-refractivity contribution is 5.97. The Hall–Kier alpha value is -1.88. The van der Waals surface area contributed by atoms with Gasteiger partial charge in [0.2, 0.25) is 5.91 Å². The molecule has 0 atom stereocenters. The van der Waals surface area contributed by atoms with Crippen molar-refractivity contribution >= 4 is 17.5 Å². The van der Waals surface area contributed by atoms with Gasteiger partial charge in [0.15, 0.2) is 0 Å². The molecule has 21 heavy (non-hydrogen) atoms. The molecular formula is C16H23N3O2. The van der Waals surface area contributed by atoms with Gasteiger partial charge in [-0.25, -0.2) is 0 Å². The number of hydrogen-bond acceptors (Lipinski definition) is 3. The molecule has 0 saturated heterocycles. The Balaban J connectivity index is 2.00. The molecule has 1 aliphatic rings. The summed E-state index contributed by atoms with van der Waals surface area (Å²) in [5.74, 6) is -0.123. The first kappa shape index (κ1) is 15.5. The zero-order valence-electron chi connectivity index (χ0n) is 12.7. The van der Waals surface area contributed by atoms with E-state index in [0.29, 0.717) is 11.6 Å². The van der Waals surface area contributed by atoms with E-state index in [1.165, 1.54) is 12.8 Å². The van der Waals surface area contributed by atoms with Gasteiger partial charge in [-0.15, -0.1) is 0 Å². The zero-order chi connectivity index (χ0) is 15.2. The first-order valence-corrected chi connectivity index (χ1v) is 7.46. The molecule has 1 fully saturated rings. The number of benzene rings is 1. The molecule has 0 spiro atoms. The summed E-state index contributed by atoms with van der Waals surface area (Å²) in [5, 5.41) is 8.68. The van der Waals surface area contributed by atoms with E-state index in [4.69, 9.17) is 0 Å². The third-order valence-electron chi connectivity index (χ3n) is 3.79. The van der Waals surface area contributed by atoms with Crippen LogP contribution in [0.15, 0.2) is 18.2 Å². The van der Waals surface area contributed by atoms with Crippen LogP contribution in [-0.2, 0) is 4.79 Å². The van der Waals surface area contributed by atoms with Crippen LogP contribution in [-0.4, -0.2) is 31.4 Å². The first-order chi connectivity index (χ1) is 10.1. The second-order valence-corrected chi connectivity index (χ2v) is 5.56. The van der Waals surface area contributed by atoms with E-state index < -0.39 is 0 Å². The normalized spacial score (nSPS) is 15.0. The third-order valence-corrected chi connectivity index (χ3v) is 3.79. The summed E-state index contributed by atoms with van der Waals surface area (Å²) in [5.41, 5.74) is 2.28. The lowest BCUT2D eigenvalue weighted by Crippen LogP contribution is -2.32. The maximum Gasteiger partial charge on any atom is 0.251 e. The van der Waals surface area contributed by atoms with Gasteiger partial charge in [0.1, 0.15) is 0 Å². The highest BCUT2D eigenvalue weighted by atomic mass is 16.2. The second-order valence-electron chi connectivity index (χ2n) is 5.56. The molecule has 0 aliphatic heterocycles. The number of carbonyl (C=O) groups excluding carboxylic acids is 2. The standard InChI is InChI=1S/C16H23N3O2/c1-11-9-12(16(21)18-13-5-3-4-6-13)7-8-14(11)19-15(20)10-17-2/h7-9,13,17H,3-6,10H2,1-2H3,(H,18,21)(H,19,20). The number of anilines is 1. The minimum atomic E-state index is -0.0937. The van der Waals surface area contributed by atoms with Gasteiger partial charge in [-0.2, -0.15) is 0 Å². The van der Waals surface area contributed by atoms with Crippen LogP contribution in [0.3, 0.4) is 0 Å². The van der Waals surface area contributed by atoms with Crippen LogP contribution in [0.1, 0.15) is 41.6 Å². The lowest BCUT2D eigenvalue weighted by Gasteiger charge is -2.13. The van der Waals surface area contributed by atoms with Crippen molar-refractivity contribution in [3.05, 3.63) is 29.3 Å². The molecule has 0 bridgehead atoms. The number of nitrogens with one attached hydrogen (secondary N) is 3. The number of carbonyl (C=O) groups is 2. The molecule has 0 heterocycles. The van der Waals surface area contributed by atoms with Crippen LogP contribution in [0.5, 0.6) is 0 Å². The van der Waals surface area contributed by atoms with Crippen LogP contribution >= 0.6 is 0 Å². The van der Waals surface area contributed by atoms with Gasteiger partial charge in [0.05, 0.1) is 6.54 Å². The van der Waals surface area contributed by atoms with Crippen molar-refractivity contribution in [2.24, 2.45) is 0 Å². The van der Waals surface area contributed by atoms with Crippen molar-refractivity contribution in [2.75, 3.05) is 18.9 Å². The Kier molecular flexibility index (Phi) is 5.33. The molecule has 1 aromatic carbocycles. The molecule has 2 amide bonds. The molecule has 1 aliphatic carbocycles. The average Bonchev–Trinajstić information content (AvgIpc) is 2.94. The molecule has 0 radical (unpaired) electrons. The molecule has 3 N–H and O–H groups in total. The van der Waals surface area contributed by atoms with E-state index in [2.05, 4.69) is 16.0 Å². The summed E-state index contributed by atoms with van der Waals surface area (Å²) in [7, 11) is 1.73. The number of aryl methyl sites for hydroxylation is 1. The zero-order valence-corrected chi connectivity index (χ0v) is 12.7. The van der Waals surface area contributed by atoms with Crippen LogP contribution in [0.2, 0.25) is 0 Å². The van der Waals surface area contributed by atoms with E-state index in [1.807, 2.05) is 13.0 Å². The molecule has 5 nitrogen and oxygen atoms in total. The summed E-state index contributed by atoms with van der Waals surface area (Å²) in [6.07, 6.45) is 4.53. The van der Waals surface area contributed by atoms with Crippen LogP contribution < -0.4 is 16.0 Å². The fourth-order valence-corrected chi connectivity index (χ4v) is 2.64. The topological polar surface area (TPSA) is 70.2 Å². The van der Waals surface area contributed by atoms with E-state index >= 15 is 0 Å². The van der Waals surface area contributed by atoms with Crippen molar-refractivity contribution in [3.8, 4) is 0 Å². The lowest BCUT2D eigenvalue weighted by atomic mass is 10.1. The summed E-state index contributed by atoms with van der Waals surface area (Å²) in [4.78, 5) is 23.7. The van der Waals surface area contributed by atoms with Gasteiger partial charge in [0.25, 0.3) is 5.91 Å². The van der Waals surface area contributed by atoms with Crippen LogP contribution in [0, 0.1) is 6.92 Å². The highest BCUT2D eigenvalue weighted by Crippen LogP contribution is 2.20. The van der Waals surface area contributed by atoms with Gasteiger partial charge in [-0.3, -0.25) is 9.59 Å². The van der Waals surface area contributed by atoms with Crippen molar-refractivity contribution in [1.82, 2.24) is 10.6 Å². The predicted molar refractivity (Wildman–Crippen MR) is 83.5 cm³/mol. The Morgan fingerprint density at radius 2 is 1.95 bits per heavy atom. The third kappa shape index (κ3) is 4.29. The molecule has 0 unspecified atom stereocenters. The number of hydrogen-bond donors (Lipinski definition) is 3. The lowest BCUT2D eigenvalue weighted by molar-refractivity contribution is -0.115. The average molecular weight is 289 g/mol. The van der Waals surface area contributed by atoms with Crippen molar-refractivity contribution in [3.63, 3.8) is 0 Å². The fourth-order valence-electron chi connectivity index (χ4n) is 2.64. The quantitative estimate of drug-likeness (QED) is 0.774. The van der Waals surface area contributed by atoms with Crippen LogP contribution in [0.25, 0.3) is 0 Å². The molecular weight excluding hydrogens is 266 g/mol. The maximum atomic E-state index is 12.2. The second kappa shape index (κ2) is 7.22. The summed E-state index contributed by atoms with van der Waals surface area (Å²) in [6, 6.07) is 5.67. The molecule has 1 saturated carbocycles. The van der Waals surface area contributed by atoms with Crippen molar-refractivity contribution in [2.45, 2.75) is 38.6 Å². The van der Waals surface area contributed by atoms with E-state index in [-0.39, 0.29) is 18.4 Å². The van der Waals surface area contributed by atoms with Crippen LogP contribution in [0.4, 0.5) is 5.69 Å². The van der Waals surface area contributed by atoms with E-state index in [0.717, 1.165) is 24.1 Å². The highest BCUT2D eigenvalue weighted by Gasteiger charge is 2.18. The van der Waals surface area contributed by atoms with E-state index in [1.54, 1.807) is 19.2 Å². The molecule has 1 aromatic rings. The summed E-state index contributed by atoms with van der Waals surface area (Å²) in [6.45, 7) is 2.16. The largest absolute Gasteiger partial charge is 0.349 e. The first-order valence-electron chi connectivity index (χ1n) is 7.46. The monoisotopic (exact) mass is 289 g/mol. The van der Waals surface area contributed by atoms with Gasteiger partial charge in [-0.1, -0.05) is 12.8 Å².